The fourth-order valence-electron chi connectivity index (χ4n) is 1.62. The molecule has 0 spiro atoms. The monoisotopic (exact) mass is 226 g/mol. The van der Waals surface area contributed by atoms with Crippen molar-refractivity contribution in [3.05, 3.63) is 23.4 Å². The summed E-state index contributed by atoms with van der Waals surface area (Å²) in [5.74, 6) is 0. The van der Waals surface area contributed by atoms with Crippen LogP contribution in [0.5, 0.6) is 0 Å². The van der Waals surface area contributed by atoms with Crippen molar-refractivity contribution in [1.29, 1.82) is 0 Å². The zero-order valence-electron chi connectivity index (χ0n) is 9.59. The van der Waals surface area contributed by atoms with Gasteiger partial charge in [0.1, 0.15) is 0 Å². The van der Waals surface area contributed by atoms with Gasteiger partial charge in [0.15, 0.2) is 0 Å². The second-order valence-electron chi connectivity index (χ2n) is 5.06. The van der Waals surface area contributed by atoms with Gasteiger partial charge in [-0.05, 0) is 11.1 Å². The molecule has 74 valence electrons. The number of allylic oxidation sites excluding steroid dienone is 4. The summed E-state index contributed by atoms with van der Waals surface area (Å²) in [7, 11) is 0.332. The van der Waals surface area contributed by atoms with E-state index >= 15 is 0 Å². The van der Waals surface area contributed by atoms with Crippen molar-refractivity contribution in [2.24, 2.45) is 0 Å². The average Bonchev–Trinajstić information content (AvgIpc) is 2.04. The summed E-state index contributed by atoms with van der Waals surface area (Å²) in [4.78, 5) is 0. The standard InChI is InChI=1S/C10H22Si3/c1-12(2)9-5-7-10(11,8-6-9)13(3)4/h5-7,12-13H,8H2,1-4,11H3. The Morgan fingerprint density at radius 1 is 1.31 bits per heavy atom. The normalized spacial score (nSPS) is 28.6. The topological polar surface area (TPSA) is 0 Å². The lowest BCUT2D eigenvalue weighted by molar-refractivity contribution is 0.910. The molecule has 0 N–H and O–H groups in total. The van der Waals surface area contributed by atoms with E-state index in [0.717, 1.165) is 0 Å². The molecule has 1 aliphatic carbocycles. The molecular formula is C10H22Si3. The molecule has 3 heteroatoms. The Hall–Kier alpha value is 0.131. The molecule has 13 heavy (non-hydrogen) atoms. The van der Waals surface area contributed by atoms with Gasteiger partial charge in [0.25, 0.3) is 0 Å². The third-order valence-corrected chi connectivity index (χ3v) is 12.5. The number of hydrogen-bond donors (Lipinski definition) is 0. The molecule has 0 aliphatic heterocycles. The van der Waals surface area contributed by atoms with Crippen LogP contribution in [0.2, 0.25) is 30.8 Å². The highest BCUT2D eigenvalue weighted by Crippen LogP contribution is 2.36. The van der Waals surface area contributed by atoms with Crippen LogP contribution in [0.3, 0.4) is 0 Å². The van der Waals surface area contributed by atoms with Crippen LogP contribution in [-0.2, 0) is 0 Å². The molecule has 1 aliphatic rings. The first-order valence-electron chi connectivity index (χ1n) is 5.35. The maximum atomic E-state index is 2.55. The summed E-state index contributed by atoms with van der Waals surface area (Å²) in [5.41, 5.74) is 0. The third kappa shape index (κ3) is 2.54. The van der Waals surface area contributed by atoms with Gasteiger partial charge in [0.2, 0.25) is 0 Å². The minimum atomic E-state index is -0.536. The van der Waals surface area contributed by atoms with Crippen molar-refractivity contribution in [3.63, 3.8) is 0 Å². The highest BCUT2D eigenvalue weighted by Gasteiger charge is 2.27. The maximum Gasteiger partial charge on any atom is 0.0642 e. The summed E-state index contributed by atoms with van der Waals surface area (Å²) < 4.78 is 0.687. The molecule has 0 radical (unpaired) electrons. The SMILES string of the molecule is C[SiH](C)C1=CCC([SiH3])([SiH](C)C)C=C1. The first-order valence-corrected chi connectivity index (χ1v) is 12.1. The predicted molar refractivity (Wildman–Crippen MR) is 72.2 cm³/mol. The Morgan fingerprint density at radius 3 is 2.23 bits per heavy atom. The van der Waals surface area contributed by atoms with Crippen molar-refractivity contribution in [1.82, 2.24) is 0 Å². The zero-order valence-corrected chi connectivity index (χ0v) is 13.9. The Labute approximate surface area is 88.8 Å². The molecule has 1 atom stereocenters. The van der Waals surface area contributed by atoms with Crippen LogP contribution in [0.15, 0.2) is 23.4 Å². The van der Waals surface area contributed by atoms with Crippen LogP contribution in [-0.4, -0.2) is 27.8 Å². The van der Waals surface area contributed by atoms with Crippen molar-refractivity contribution in [2.45, 2.75) is 37.3 Å². The largest absolute Gasteiger partial charge is 0.0854 e. The predicted octanol–water partition coefficient (Wildman–Crippen LogP) is 1.45. The lowest BCUT2D eigenvalue weighted by atomic mass is 10.2. The Balaban J connectivity index is 2.73. The third-order valence-electron chi connectivity index (χ3n) is 3.42. The van der Waals surface area contributed by atoms with E-state index in [1.807, 2.05) is 0 Å². The van der Waals surface area contributed by atoms with Crippen molar-refractivity contribution >= 4 is 27.8 Å². The summed E-state index contributed by atoms with van der Waals surface area (Å²) in [5, 5.41) is 1.68. The van der Waals surface area contributed by atoms with Crippen LogP contribution < -0.4 is 0 Å². The molecule has 0 nitrogen and oxygen atoms in total. The van der Waals surface area contributed by atoms with E-state index in [9.17, 15) is 0 Å². The molecule has 0 saturated carbocycles. The van der Waals surface area contributed by atoms with E-state index < -0.39 is 17.6 Å². The van der Waals surface area contributed by atoms with Gasteiger partial charge in [-0.25, -0.2) is 0 Å². The summed E-state index contributed by atoms with van der Waals surface area (Å²) in [6.45, 7) is 9.82. The van der Waals surface area contributed by atoms with Crippen LogP contribution in [0.25, 0.3) is 0 Å². The molecule has 0 heterocycles. The number of rotatable bonds is 2. The Kier molecular flexibility index (Phi) is 3.54. The van der Waals surface area contributed by atoms with E-state index in [-0.39, 0.29) is 0 Å². The van der Waals surface area contributed by atoms with Crippen LogP contribution in [0.4, 0.5) is 0 Å². The van der Waals surface area contributed by atoms with Gasteiger partial charge in [-0.1, -0.05) is 49.6 Å². The first-order chi connectivity index (χ1) is 5.96. The van der Waals surface area contributed by atoms with Gasteiger partial charge in [0.05, 0.1) is 8.80 Å². The van der Waals surface area contributed by atoms with Crippen molar-refractivity contribution < 1.29 is 0 Å². The molecule has 0 aromatic heterocycles. The molecule has 0 fully saturated rings. The van der Waals surface area contributed by atoms with E-state index in [1.165, 1.54) is 16.7 Å². The van der Waals surface area contributed by atoms with Gasteiger partial charge in [-0.15, -0.1) is 0 Å². The van der Waals surface area contributed by atoms with E-state index in [1.54, 1.807) is 5.20 Å². The number of hydrogen-bond acceptors (Lipinski definition) is 0. The molecule has 0 aromatic rings. The zero-order chi connectivity index (χ0) is 10.1. The fourth-order valence-corrected chi connectivity index (χ4v) is 4.13. The molecule has 0 saturated heterocycles. The summed E-state index contributed by atoms with van der Waals surface area (Å²) in [6.07, 6.45) is 8.90. The van der Waals surface area contributed by atoms with Gasteiger partial charge < -0.3 is 0 Å². The second-order valence-corrected chi connectivity index (χ2v) is 14.7. The van der Waals surface area contributed by atoms with Crippen molar-refractivity contribution in [2.75, 3.05) is 0 Å². The van der Waals surface area contributed by atoms with Gasteiger partial charge in [-0.3, -0.25) is 0 Å². The molecule has 0 bridgehead atoms. The fraction of sp³-hybridized carbons (Fsp3) is 0.600. The molecule has 1 rings (SSSR count). The van der Waals surface area contributed by atoms with Crippen molar-refractivity contribution in [3.8, 4) is 0 Å². The lowest BCUT2D eigenvalue weighted by Gasteiger charge is -2.32. The van der Waals surface area contributed by atoms with Gasteiger partial charge in [-0.2, -0.15) is 0 Å². The molecule has 0 amide bonds. The van der Waals surface area contributed by atoms with E-state index in [2.05, 4.69) is 44.4 Å². The minimum absolute atomic E-state index is 0.480. The highest BCUT2D eigenvalue weighted by molar-refractivity contribution is 6.69. The second kappa shape index (κ2) is 4.11. The van der Waals surface area contributed by atoms with Gasteiger partial charge in [0, 0.05) is 19.0 Å². The highest BCUT2D eigenvalue weighted by atomic mass is 28.3. The quantitative estimate of drug-likeness (QED) is 0.625. The molecule has 0 aromatic carbocycles. The van der Waals surface area contributed by atoms with Crippen LogP contribution >= 0.6 is 0 Å². The van der Waals surface area contributed by atoms with Crippen LogP contribution in [0.1, 0.15) is 6.42 Å². The summed E-state index contributed by atoms with van der Waals surface area (Å²) in [6, 6.07) is 0. The minimum Gasteiger partial charge on any atom is -0.0854 e. The van der Waals surface area contributed by atoms with E-state index in [4.69, 9.17) is 0 Å². The first kappa shape index (κ1) is 11.2. The smallest absolute Gasteiger partial charge is 0.0642 e. The summed E-state index contributed by atoms with van der Waals surface area (Å²) >= 11 is 0. The molecule has 1 unspecified atom stereocenters. The lowest BCUT2D eigenvalue weighted by Crippen LogP contribution is -2.27. The van der Waals surface area contributed by atoms with E-state index in [0.29, 0.717) is 4.66 Å². The molecular weight excluding hydrogens is 204 g/mol. The Bertz CT molecular complexity index is 241. The Morgan fingerprint density at radius 2 is 1.92 bits per heavy atom. The van der Waals surface area contributed by atoms with Gasteiger partial charge >= 0.3 is 0 Å². The average molecular weight is 227 g/mol. The van der Waals surface area contributed by atoms with Crippen LogP contribution in [0, 0.1) is 0 Å². The maximum absolute atomic E-state index is 2.55.